The van der Waals surface area contributed by atoms with Crippen LogP contribution in [0.15, 0.2) is 12.2 Å². The van der Waals surface area contributed by atoms with Crippen LogP contribution in [0.4, 0.5) is 0 Å². The van der Waals surface area contributed by atoms with Gasteiger partial charge in [-0.2, -0.15) is 0 Å². The number of fused-ring (bicyclic) bond motifs is 2. The summed E-state index contributed by atoms with van der Waals surface area (Å²) in [6.45, 7) is 5.67. The van der Waals surface area contributed by atoms with Crippen LogP contribution in [0.5, 0.6) is 0 Å². The summed E-state index contributed by atoms with van der Waals surface area (Å²) >= 11 is 0. The van der Waals surface area contributed by atoms with Gasteiger partial charge < -0.3 is 10.4 Å². The van der Waals surface area contributed by atoms with Crippen molar-refractivity contribution in [3.8, 4) is 0 Å². The summed E-state index contributed by atoms with van der Waals surface area (Å²) in [5.74, 6) is 2.90. The predicted molar refractivity (Wildman–Crippen MR) is 62.6 cm³/mol. The maximum absolute atomic E-state index is 9.05. The van der Waals surface area contributed by atoms with Gasteiger partial charge in [-0.25, -0.2) is 0 Å². The van der Waals surface area contributed by atoms with E-state index in [1.807, 2.05) is 0 Å². The molecule has 2 rings (SSSR count). The van der Waals surface area contributed by atoms with Crippen LogP contribution in [0.2, 0.25) is 0 Å². The Labute approximate surface area is 92.8 Å². The SMILES string of the molecule is CC(CO)C(C)NCC1CC2C=CC1C2. The normalized spacial score (nSPS) is 37.1. The van der Waals surface area contributed by atoms with Gasteiger partial charge in [0.25, 0.3) is 0 Å². The van der Waals surface area contributed by atoms with Crippen LogP contribution in [0.1, 0.15) is 26.7 Å². The highest BCUT2D eigenvalue weighted by atomic mass is 16.3. The Morgan fingerprint density at radius 3 is 2.67 bits per heavy atom. The van der Waals surface area contributed by atoms with E-state index in [2.05, 4.69) is 31.3 Å². The van der Waals surface area contributed by atoms with Crippen molar-refractivity contribution >= 4 is 0 Å². The zero-order valence-corrected chi connectivity index (χ0v) is 9.82. The Hall–Kier alpha value is -0.340. The number of aliphatic hydroxyl groups excluding tert-OH is 1. The molecule has 0 aromatic heterocycles. The summed E-state index contributed by atoms with van der Waals surface area (Å²) in [6.07, 6.45) is 7.55. The van der Waals surface area contributed by atoms with Crippen molar-refractivity contribution in [1.82, 2.24) is 5.32 Å². The average Bonchev–Trinajstić information content (AvgIpc) is 2.86. The van der Waals surface area contributed by atoms with Crippen LogP contribution in [-0.4, -0.2) is 24.3 Å². The van der Waals surface area contributed by atoms with E-state index in [0.29, 0.717) is 12.0 Å². The standard InChI is InChI=1S/C13H23NO/c1-9(8-15)10(2)14-7-13-6-11-3-4-12(13)5-11/h3-4,9-15H,5-8H2,1-2H3. The largest absolute Gasteiger partial charge is 0.396 e. The first-order chi connectivity index (χ1) is 7.20. The van der Waals surface area contributed by atoms with E-state index in [0.717, 1.165) is 24.3 Å². The lowest BCUT2D eigenvalue weighted by Crippen LogP contribution is -2.37. The summed E-state index contributed by atoms with van der Waals surface area (Å²) in [5.41, 5.74) is 0. The molecular weight excluding hydrogens is 186 g/mol. The van der Waals surface area contributed by atoms with E-state index < -0.39 is 0 Å². The second-order valence-corrected chi connectivity index (χ2v) is 5.40. The highest BCUT2D eigenvalue weighted by molar-refractivity contribution is 5.10. The molecule has 5 unspecified atom stereocenters. The van der Waals surface area contributed by atoms with Gasteiger partial charge in [-0.15, -0.1) is 0 Å². The van der Waals surface area contributed by atoms with Crippen LogP contribution < -0.4 is 5.32 Å². The van der Waals surface area contributed by atoms with Gasteiger partial charge in [-0.05, 0) is 50.0 Å². The molecule has 0 radical (unpaired) electrons. The van der Waals surface area contributed by atoms with E-state index in [1.165, 1.54) is 12.8 Å². The lowest BCUT2D eigenvalue weighted by molar-refractivity contribution is 0.203. The first-order valence-electron chi connectivity index (χ1n) is 6.23. The van der Waals surface area contributed by atoms with Crippen molar-refractivity contribution in [2.24, 2.45) is 23.7 Å². The van der Waals surface area contributed by atoms with Crippen molar-refractivity contribution in [2.45, 2.75) is 32.7 Å². The first kappa shape index (κ1) is 11.2. The molecule has 2 heteroatoms. The Kier molecular flexibility index (Phi) is 3.47. The zero-order valence-electron chi connectivity index (χ0n) is 9.82. The van der Waals surface area contributed by atoms with Crippen LogP contribution >= 0.6 is 0 Å². The summed E-state index contributed by atoms with van der Waals surface area (Å²) in [7, 11) is 0. The van der Waals surface area contributed by atoms with Gasteiger partial charge in [0.05, 0.1) is 0 Å². The number of allylic oxidation sites excluding steroid dienone is 2. The molecule has 0 aromatic carbocycles. The van der Waals surface area contributed by atoms with E-state index in [9.17, 15) is 0 Å². The quantitative estimate of drug-likeness (QED) is 0.677. The average molecular weight is 209 g/mol. The third-order valence-electron chi connectivity index (χ3n) is 4.26. The van der Waals surface area contributed by atoms with Gasteiger partial charge in [-0.1, -0.05) is 19.1 Å². The van der Waals surface area contributed by atoms with Gasteiger partial charge in [0.2, 0.25) is 0 Å². The summed E-state index contributed by atoms with van der Waals surface area (Å²) < 4.78 is 0. The molecule has 0 saturated heterocycles. The molecule has 2 N–H and O–H groups in total. The molecule has 2 bridgehead atoms. The second-order valence-electron chi connectivity index (χ2n) is 5.40. The molecule has 0 amide bonds. The van der Waals surface area contributed by atoms with Crippen molar-refractivity contribution in [2.75, 3.05) is 13.2 Å². The predicted octanol–water partition coefficient (Wildman–Crippen LogP) is 1.81. The number of rotatable bonds is 5. The van der Waals surface area contributed by atoms with E-state index in [1.54, 1.807) is 0 Å². The molecule has 0 aliphatic heterocycles. The highest BCUT2D eigenvalue weighted by Crippen LogP contribution is 2.42. The molecule has 0 spiro atoms. The Morgan fingerprint density at radius 2 is 2.13 bits per heavy atom. The van der Waals surface area contributed by atoms with Crippen molar-refractivity contribution in [1.29, 1.82) is 0 Å². The van der Waals surface area contributed by atoms with Gasteiger partial charge in [-0.3, -0.25) is 0 Å². The fourth-order valence-electron chi connectivity index (χ4n) is 2.83. The molecule has 1 fully saturated rings. The van der Waals surface area contributed by atoms with Crippen molar-refractivity contribution in [3.05, 3.63) is 12.2 Å². The summed E-state index contributed by atoms with van der Waals surface area (Å²) in [4.78, 5) is 0. The third kappa shape index (κ3) is 2.43. The molecule has 5 atom stereocenters. The minimum atomic E-state index is 0.283. The lowest BCUT2D eigenvalue weighted by Gasteiger charge is -2.24. The van der Waals surface area contributed by atoms with E-state index >= 15 is 0 Å². The Morgan fingerprint density at radius 1 is 1.33 bits per heavy atom. The molecular formula is C13H23NO. The number of nitrogens with one attached hydrogen (secondary N) is 1. The van der Waals surface area contributed by atoms with Gasteiger partial charge in [0.15, 0.2) is 0 Å². The van der Waals surface area contributed by atoms with Gasteiger partial charge in [0.1, 0.15) is 0 Å². The van der Waals surface area contributed by atoms with Crippen LogP contribution in [0.3, 0.4) is 0 Å². The maximum Gasteiger partial charge on any atom is 0.0471 e. The van der Waals surface area contributed by atoms with Crippen molar-refractivity contribution in [3.63, 3.8) is 0 Å². The molecule has 1 saturated carbocycles. The Bertz CT molecular complexity index is 239. The lowest BCUT2D eigenvalue weighted by atomic mass is 9.93. The third-order valence-corrected chi connectivity index (χ3v) is 4.26. The van der Waals surface area contributed by atoms with Crippen LogP contribution in [0, 0.1) is 23.7 Å². The summed E-state index contributed by atoms with van der Waals surface area (Å²) in [5, 5.41) is 12.6. The fraction of sp³-hybridized carbons (Fsp3) is 0.846. The maximum atomic E-state index is 9.05. The highest BCUT2D eigenvalue weighted by Gasteiger charge is 2.35. The smallest absolute Gasteiger partial charge is 0.0471 e. The summed E-state index contributed by atoms with van der Waals surface area (Å²) in [6, 6.07) is 0.429. The minimum absolute atomic E-state index is 0.283. The monoisotopic (exact) mass is 209 g/mol. The molecule has 2 aliphatic rings. The van der Waals surface area contributed by atoms with Crippen molar-refractivity contribution < 1.29 is 5.11 Å². The molecule has 2 nitrogen and oxygen atoms in total. The van der Waals surface area contributed by atoms with Crippen LogP contribution in [-0.2, 0) is 0 Å². The molecule has 86 valence electrons. The zero-order chi connectivity index (χ0) is 10.8. The second kappa shape index (κ2) is 4.67. The molecule has 15 heavy (non-hydrogen) atoms. The van der Waals surface area contributed by atoms with E-state index in [4.69, 9.17) is 5.11 Å². The van der Waals surface area contributed by atoms with Gasteiger partial charge >= 0.3 is 0 Å². The molecule has 0 aromatic rings. The number of aliphatic hydroxyl groups is 1. The van der Waals surface area contributed by atoms with E-state index in [-0.39, 0.29) is 6.61 Å². The minimum Gasteiger partial charge on any atom is -0.396 e. The molecule has 0 heterocycles. The Balaban J connectivity index is 1.72. The fourth-order valence-corrected chi connectivity index (χ4v) is 2.83. The number of hydrogen-bond donors (Lipinski definition) is 2. The number of hydrogen-bond acceptors (Lipinski definition) is 2. The first-order valence-corrected chi connectivity index (χ1v) is 6.23. The van der Waals surface area contributed by atoms with Crippen LogP contribution in [0.25, 0.3) is 0 Å². The van der Waals surface area contributed by atoms with Gasteiger partial charge in [0, 0.05) is 12.6 Å². The molecule has 2 aliphatic carbocycles. The topological polar surface area (TPSA) is 32.3 Å².